The number of nitro groups is 1. The van der Waals surface area contributed by atoms with Crippen molar-refractivity contribution in [2.24, 2.45) is 0 Å². The molecule has 0 amide bonds. The fourth-order valence-corrected chi connectivity index (χ4v) is 3.00. The van der Waals surface area contributed by atoms with Crippen molar-refractivity contribution in [2.75, 3.05) is 12.4 Å². The predicted molar refractivity (Wildman–Crippen MR) is 88.7 cm³/mol. The second kappa shape index (κ2) is 7.02. The van der Waals surface area contributed by atoms with Gasteiger partial charge in [-0.25, -0.2) is 0 Å². The number of nitrogens with one attached hydrogen (secondary N) is 1. The van der Waals surface area contributed by atoms with Crippen LogP contribution >= 0.6 is 35.0 Å². The summed E-state index contributed by atoms with van der Waals surface area (Å²) < 4.78 is 0. The lowest BCUT2D eigenvalue weighted by atomic mass is 10.2. The van der Waals surface area contributed by atoms with Gasteiger partial charge >= 0.3 is 0 Å². The average molecular weight is 343 g/mol. The van der Waals surface area contributed by atoms with E-state index in [2.05, 4.69) is 5.32 Å². The first kappa shape index (κ1) is 15.9. The monoisotopic (exact) mass is 342 g/mol. The third-order valence-electron chi connectivity index (χ3n) is 2.82. The smallest absolute Gasteiger partial charge is 0.292 e. The number of anilines is 1. The van der Waals surface area contributed by atoms with Crippen molar-refractivity contribution in [3.05, 3.63) is 62.1 Å². The Balaban J connectivity index is 2.14. The van der Waals surface area contributed by atoms with Crippen molar-refractivity contribution in [3.63, 3.8) is 0 Å². The van der Waals surface area contributed by atoms with Crippen molar-refractivity contribution in [1.29, 1.82) is 0 Å². The molecule has 21 heavy (non-hydrogen) atoms. The number of hydrogen-bond donors (Lipinski definition) is 1. The van der Waals surface area contributed by atoms with Gasteiger partial charge in [0.25, 0.3) is 5.69 Å². The fraction of sp³-hybridized carbons (Fsp3) is 0.143. The number of rotatable bonds is 5. The molecule has 0 bridgehead atoms. The van der Waals surface area contributed by atoms with Gasteiger partial charge in [-0.1, -0.05) is 29.3 Å². The van der Waals surface area contributed by atoms with E-state index in [0.29, 0.717) is 21.5 Å². The van der Waals surface area contributed by atoms with Crippen LogP contribution in [0.4, 0.5) is 11.4 Å². The number of nitro benzene ring substituents is 1. The Hall–Kier alpha value is -1.43. The number of hydrogen-bond acceptors (Lipinski definition) is 4. The standard InChI is InChI=1S/C14H12Cl2N2O2S/c1-17-13-5-2-9(6-14(13)18(19)20)8-21-10-3-4-11(15)12(16)7-10/h2-7,17H,8H2,1H3. The van der Waals surface area contributed by atoms with E-state index in [0.717, 1.165) is 10.5 Å². The summed E-state index contributed by atoms with van der Waals surface area (Å²) in [5.41, 5.74) is 1.45. The molecule has 1 N–H and O–H groups in total. The van der Waals surface area contributed by atoms with Gasteiger partial charge in [0.15, 0.2) is 0 Å². The van der Waals surface area contributed by atoms with E-state index in [1.807, 2.05) is 12.1 Å². The Morgan fingerprint density at radius 2 is 1.95 bits per heavy atom. The fourth-order valence-electron chi connectivity index (χ4n) is 1.76. The summed E-state index contributed by atoms with van der Waals surface area (Å²) >= 11 is 13.4. The molecule has 2 rings (SSSR count). The van der Waals surface area contributed by atoms with Gasteiger partial charge in [-0.2, -0.15) is 0 Å². The van der Waals surface area contributed by atoms with E-state index in [1.54, 1.807) is 43.1 Å². The molecule has 0 aliphatic heterocycles. The zero-order valence-electron chi connectivity index (χ0n) is 11.1. The van der Waals surface area contributed by atoms with Crippen molar-refractivity contribution in [3.8, 4) is 0 Å². The van der Waals surface area contributed by atoms with E-state index in [4.69, 9.17) is 23.2 Å². The molecule has 7 heteroatoms. The van der Waals surface area contributed by atoms with Gasteiger partial charge in [0.05, 0.1) is 15.0 Å². The normalized spacial score (nSPS) is 10.4. The highest BCUT2D eigenvalue weighted by atomic mass is 35.5. The van der Waals surface area contributed by atoms with Crippen LogP contribution in [0.5, 0.6) is 0 Å². The van der Waals surface area contributed by atoms with E-state index in [-0.39, 0.29) is 10.6 Å². The van der Waals surface area contributed by atoms with Crippen LogP contribution in [0.3, 0.4) is 0 Å². The van der Waals surface area contributed by atoms with Crippen LogP contribution in [0.15, 0.2) is 41.3 Å². The second-order valence-electron chi connectivity index (χ2n) is 4.22. The summed E-state index contributed by atoms with van der Waals surface area (Å²) in [5, 5.41) is 14.8. The van der Waals surface area contributed by atoms with Gasteiger partial charge in [-0.05, 0) is 29.8 Å². The maximum absolute atomic E-state index is 11.0. The zero-order chi connectivity index (χ0) is 15.4. The zero-order valence-corrected chi connectivity index (χ0v) is 13.4. The summed E-state index contributed by atoms with van der Waals surface area (Å²) in [7, 11) is 1.66. The van der Waals surface area contributed by atoms with Crippen molar-refractivity contribution >= 4 is 46.3 Å². The molecule has 0 unspecified atom stereocenters. The highest BCUT2D eigenvalue weighted by molar-refractivity contribution is 7.98. The summed E-state index contributed by atoms with van der Waals surface area (Å²) in [4.78, 5) is 11.6. The lowest BCUT2D eigenvalue weighted by Crippen LogP contribution is -1.97. The Morgan fingerprint density at radius 1 is 1.19 bits per heavy atom. The summed E-state index contributed by atoms with van der Waals surface area (Å²) in [6.45, 7) is 0. The molecular weight excluding hydrogens is 331 g/mol. The minimum atomic E-state index is -0.390. The molecule has 0 fully saturated rings. The highest BCUT2D eigenvalue weighted by Crippen LogP contribution is 2.32. The number of thioether (sulfide) groups is 1. The van der Waals surface area contributed by atoms with E-state index < -0.39 is 0 Å². The lowest BCUT2D eigenvalue weighted by molar-refractivity contribution is -0.384. The predicted octanol–water partition coefficient (Wildman–Crippen LogP) is 5.24. The third kappa shape index (κ3) is 4.03. The molecule has 0 saturated carbocycles. The lowest BCUT2D eigenvalue weighted by Gasteiger charge is -2.06. The molecule has 0 spiro atoms. The first-order chi connectivity index (χ1) is 10.0. The van der Waals surface area contributed by atoms with Gasteiger partial charge in [0.1, 0.15) is 5.69 Å². The Kier molecular flexibility index (Phi) is 5.33. The minimum Gasteiger partial charge on any atom is -0.383 e. The molecule has 0 aromatic heterocycles. The third-order valence-corrected chi connectivity index (χ3v) is 4.63. The largest absolute Gasteiger partial charge is 0.383 e. The Morgan fingerprint density at radius 3 is 2.57 bits per heavy atom. The molecule has 0 atom stereocenters. The number of nitrogens with zero attached hydrogens (tertiary/aromatic N) is 1. The molecule has 110 valence electrons. The number of halogens is 2. The number of benzene rings is 2. The van der Waals surface area contributed by atoms with Crippen LogP contribution in [0, 0.1) is 10.1 Å². The van der Waals surface area contributed by atoms with Gasteiger partial charge in [-0.15, -0.1) is 11.8 Å². The molecule has 0 aliphatic carbocycles. The molecule has 0 radical (unpaired) electrons. The van der Waals surface area contributed by atoms with Gasteiger partial charge < -0.3 is 5.32 Å². The molecule has 0 aliphatic rings. The molecule has 2 aromatic carbocycles. The van der Waals surface area contributed by atoms with E-state index in [1.165, 1.54) is 0 Å². The molecule has 4 nitrogen and oxygen atoms in total. The van der Waals surface area contributed by atoms with Crippen LogP contribution in [0.25, 0.3) is 0 Å². The summed E-state index contributed by atoms with van der Waals surface area (Å²) in [6, 6.07) is 10.5. The van der Waals surface area contributed by atoms with Crippen molar-refractivity contribution in [2.45, 2.75) is 10.6 Å². The maximum atomic E-state index is 11.0. The van der Waals surface area contributed by atoms with Crippen LogP contribution < -0.4 is 5.32 Å². The summed E-state index contributed by atoms with van der Waals surface area (Å²) in [6.07, 6.45) is 0. The van der Waals surface area contributed by atoms with Gasteiger partial charge in [0.2, 0.25) is 0 Å². The average Bonchev–Trinajstić information content (AvgIpc) is 2.48. The maximum Gasteiger partial charge on any atom is 0.292 e. The molecule has 2 aromatic rings. The molecule has 0 heterocycles. The van der Waals surface area contributed by atoms with Crippen LogP contribution in [-0.2, 0) is 5.75 Å². The van der Waals surface area contributed by atoms with Gasteiger partial charge in [-0.3, -0.25) is 10.1 Å². The van der Waals surface area contributed by atoms with Crippen LogP contribution in [-0.4, -0.2) is 12.0 Å². The molecule has 0 saturated heterocycles. The Labute approximate surface area is 136 Å². The SMILES string of the molecule is CNc1ccc(CSc2ccc(Cl)c(Cl)c2)cc1[N+](=O)[O-]. The highest BCUT2D eigenvalue weighted by Gasteiger charge is 2.13. The van der Waals surface area contributed by atoms with Crippen LogP contribution in [0.2, 0.25) is 10.0 Å². The topological polar surface area (TPSA) is 55.2 Å². The van der Waals surface area contributed by atoms with Gasteiger partial charge in [0, 0.05) is 23.8 Å². The van der Waals surface area contributed by atoms with E-state index in [9.17, 15) is 10.1 Å². The minimum absolute atomic E-state index is 0.0738. The van der Waals surface area contributed by atoms with Crippen molar-refractivity contribution < 1.29 is 4.92 Å². The van der Waals surface area contributed by atoms with Crippen LogP contribution in [0.1, 0.15) is 5.56 Å². The Bertz CT molecular complexity index is 680. The second-order valence-corrected chi connectivity index (χ2v) is 6.09. The van der Waals surface area contributed by atoms with Crippen molar-refractivity contribution in [1.82, 2.24) is 0 Å². The summed E-state index contributed by atoms with van der Waals surface area (Å²) in [5.74, 6) is 0.614. The molecular formula is C14H12Cl2N2O2S. The quantitative estimate of drug-likeness (QED) is 0.458. The van der Waals surface area contributed by atoms with E-state index >= 15 is 0 Å². The first-order valence-corrected chi connectivity index (χ1v) is 7.78. The first-order valence-electron chi connectivity index (χ1n) is 6.04.